The fraction of sp³-hybridized carbons (Fsp3) is 0.250. The second-order valence-corrected chi connectivity index (χ2v) is 7.88. The van der Waals surface area contributed by atoms with Gasteiger partial charge in [-0.2, -0.15) is 13.4 Å². The van der Waals surface area contributed by atoms with Crippen molar-refractivity contribution >= 4 is 38.9 Å². The maximum absolute atomic E-state index is 13.5. The minimum atomic E-state index is -4.30. The number of hydrogen-bond donors (Lipinski definition) is 1. The molecule has 1 aromatic carbocycles. The SMILES string of the molecule is Cc1cc(C)n2nc(S(=O)(=O)Nc3c(Cl)cccc3C(=O)C(C)F)nc2n1. The highest BCUT2D eigenvalue weighted by atomic mass is 35.5. The Bertz CT molecular complexity index is 1160. The smallest absolute Gasteiger partial charge is 0.291 e. The molecule has 0 radical (unpaired) electrons. The Labute approximate surface area is 159 Å². The van der Waals surface area contributed by atoms with Crippen molar-refractivity contribution in [2.24, 2.45) is 0 Å². The van der Waals surface area contributed by atoms with Gasteiger partial charge in [-0.05, 0) is 39.0 Å². The summed E-state index contributed by atoms with van der Waals surface area (Å²) in [5.74, 6) is -0.785. The third-order valence-corrected chi connectivity index (χ3v) is 5.16. The van der Waals surface area contributed by atoms with Gasteiger partial charge in [0.15, 0.2) is 12.0 Å². The first kappa shape index (κ1) is 19.2. The van der Waals surface area contributed by atoms with E-state index in [1.165, 1.54) is 22.7 Å². The number of nitrogens with one attached hydrogen (secondary N) is 1. The van der Waals surface area contributed by atoms with Gasteiger partial charge < -0.3 is 0 Å². The molecule has 0 saturated heterocycles. The topological polar surface area (TPSA) is 106 Å². The number of ketones is 1. The van der Waals surface area contributed by atoms with Crippen molar-refractivity contribution in [2.75, 3.05) is 4.72 Å². The molecule has 0 aliphatic carbocycles. The number of hydrogen-bond acceptors (Lipinski definition) is 6. The standard InChI is InChI=1S/C16H15ClFN5O3S/c1-8-7-9(2)23-15(19-8)20-16(21-23)27(25,26)22-13-11(14(24)10(3)18)5-4-6-12(13)17/h4-7,10,22H,1-3H3. The summed E-state index contributed by atoms with van der Waals surface area (Å²) in [6, 6.07) is 5.81. The number of carbonyl (C=O) groups is 1. The van der Waals surface area contributed by atoms with E-state index in [2.05, 4.69) is 19.8 Å². The zero-order valence-corrected chi connectivity index (χ0v) is 16.1. The van der Waals surface area contributed by atoms with E-state index >= 15 is 0 Å². The van der Waals surface area contributed by atoms with E-state index in [-0.39, 0.29) is 22.1 Å². The van der Waals surface area contributed by atoms with Gasteiger partial charge in [-0.1, -0.05) is 17.7 Å². The Morgan fingerprint density at radius 3 is 2.67 bits per heavy atom. The zero-order chi connectivity index (χ0) is 19.9. The van der Waals surface area contributed by atoms with Gasteiger partial charge in [-0.25, -0.2) is 13.9 Å². The number of para-hydroxylation sites is 1. The zero-order valence-electron chi connectivity index (χ0n) is 14.6. The van der Waals surface area contributed by atoms with Gasteiger partial charge in [-0.15, -0.1) is 5.10 Å². The summed E-state index contributed by atoms with van der Waals surface area (Å²) in [5, 5.41) is 3.35. The van der Waals surface area contributed by atoms with Crippen LogP contribution in [0.2, 0.25) is 5.02 Å². The Morgan fingerprint density at radius 2 is 2.00 bits per heavy atom. The van der Waals surface area contributed by atoms with Crippen molar-refractivity contribution in [1.29, 1.82) is 0 Å². The molecule has 142 valence electrons. The first-order valence-electron chi connectivity index (χ1n) is 7.81. The molecular formula is C16H15ClFN5O3S. The number of alkyl halides is 1. The van der Waals surface area contributed by atoms with Gasteiger partial charge in [0, 0.05) is 17.0 Å². The Hall–Kier alpha value is -2.59. The van der Waals surface area contributed by atoms with E-state index in [9.17, 15) is 17.6 Å². The van der Waals surface area contributed by atoms with Crippen LogP contribution in [0.15, 0.2) is 29.4 Å². The summed E-state index contributed by atoms with van der Waals surface area (Å²) < 4.78 is 42.4. The molecule has 1 N–H and O–H groups in total. The van der Waals surface area contributed by atoms with E-state index in [4.69, 9.17) is 11.6 Å². The van der Waals surface area contributed by atoms with E-state index in [1.54, 1.807) is 19.9 Å². The quantitative estimate of drug-likeness (QED) is 0.647. The van der Waals surface area contributed by atoms with Crippen molar-refractivity contribution in [3.05, 3.63) is 46.2 Å². The predicted octanol–water partition coefficient (Wildman–Crippen LogP) is 2.74. The largest absolute Gasteiger partial charge is 0.299 e. The average molecular weight is 412 g/mol. The second-order valence-electron chi connectivity index (χ2n) is 5.89. The van der Waals surface area contributed by atoms with E-state index in [1.807, 2.05) is 0 Å². The van der Waals surface area contributed by atoms with Gasteiger partial charge >= 0.3 is 0 Å². The lowest BCUT2D eigenvalue weighted by Crippen LogP contribution is -2.20. The normalized spacial score (nSPS) is 12.9. The number of fused-ring (bicyclic) bond motifs is 1. The van der Waals surface area contributed by atoms with Crippen molar-refractivity contribution in [1.82, 2.24) is 19.6 Å². The number of aromatic nitrogens is 4. The average Bonchev–Trinajstić information content (AvgIpc) is 3.01. The van der Waals surface area contributed by atoms with Crippen LogP contribution in [0.25, 0.3) is 5.78 Å². The third kappa shape index (κ3) is 3.62. The molecule has 2 aromatic heterocycles. The molecule has 0 amide bonds. The minimum Gasteiger partial charge on any atom is -0.291 e. The predicted molar refractivity (Wildman–Crippen MR) is 97.4 cm³/mol. The molecule has 1 unspecified atom stereocenters. The van der Waals surface area contributed by atoms with Gasteiger partial charge in [0.1, 0.15) is 0 Å². The van der Waals surface area contributed by atoms with Gasteiger partial charge in [0.2, 0.25) is 0 Å². The summed E-state index contributed by atoms with van der Waals surface area (Å²) >= 11 is 6.04. The fourth-order valence-corrected chi connectivity index (χ4v) is 3.74. The van der Waals surface area contributed by atoms with Gasteiger partial charge in [-0.3, -0.25) is 9.52 Å². The molecule has 8 nitrogen and oxygen atoms in total. The number of sulfonamides is 1. The second kappa shape index (κ2) is 6.86. The minimum absolute atomic E-state index is 0.0565. The monoisotopic (exact) mass is 411 g/mol. The van der Waals surface area contributed by atoms with Crippen LogP contribution in [0.1, 0.15) is 28.7 Å². The summed E-state index contributed by atoms with van der Waals surface area (Å²) in [6.45, 7) is 4.53. The van der Waals surface area contributed by atoms with Gasteiger partial charge in [0.25, 0.3) is 21.0 Å². The van der Waals surface area contributed by atoms with E-state index < -0.39 is 27.1 Å². The molecule has 0 bridgehead atoms. The third-order valence-electron chi connectivity index (χ3n) is 3.72. The Balaban J connectivity index is 2.08. The van der Waals surface area contributed by atoms with Crippen molar-refractivity contribution < 1.29 is 17.6 Å². The number of halogens is 2. The van der Waals surface area contributed by atoms with Crippen LogP contribution in [0.4, 0.5) is 10.1 Å². The highest BCUT2D eigenvalue weighted by Gasteiger charge is 2.27. The molecule has 27 heavy (non-hydrogen) atoms. The number of nitrogens with zero attached hydrogens (tertiary/aromatic N) is 4. The van der Waals surface area contributed by atoms with E-state index in [0.717, 1.165) is 6.92 Å². The molecule has 3 rings (SSSR count). The molecular weight excluding hydrogens is 397 g/mol. The highest BCUT2D eigenvalue weighted by molar-refractivity contribution is 7.92. The van der Waals surface area contributed by atoms with Crippen LogP contribution < -0.4 is 4.72 Å². The number of aryl methyl sites for hydroxylation is 2. The summed E-state index contributed by atoms with van der Waals surface area (Å²) in [5.41, 5.74) is 0.884. The van der Waals surface area contributed by atoms with Crippen LogP contribution in [0.3, 0.4) is 0 Å². The number of Topliss-reactive ketones (excluding diaryl/α,β-unsaturated/α-hetero) is 1. The van der Waals surface area contributed by atoms with Crippen LogP contribution in [0.5, 0.6) is 0 Å². The lowest BCUT2D eigenvalue weighted by Gasteiger charge is -2.12. The van der Waals surface area contributed by atoms with Crippen molar-refractivity contribution in [2.45, 2.75) is 32.1 Å². The first-order valence-corrected chi connectivity index (χ1v) is 9.67. The molecule has 0 saturated carbocycles. The van der Waals surface area contributed by atoms with Crippen LogP contribution >= 0.6 is 11.6 Å². The molecule has 0 fully saturated rings. The Kier molecular flexibility index (Phi) is 4.87. The molecule has 0 aliphatic rings. The van der Waals surface area contributed by atoms with E-state index in [0.29, 0.717) is 11.4 Å². The Morgan fingerprint density at radius 1 is 1.30 bits per heavy atom. The molecule has 2 heterocycles. The van der Waals surface area contributed by atoms with Crippen LogP contribution in [0, 0.1) is 13.8 Å². The fourth-order valence-electron chi connectivity index (χ4n) is 2.49. The number of carbonyl (C=O) groups excluding carboxylic acids is 1. The van der Waals surface area contributed by atoms with Crippen LogP contribution in [-0.2, 0) is 10.0 Å². The number of benzene rings is 1. The maximum Gasteiger partial charge on any atom is 0.299 e. The first-order chi connectivity index (χ1) is 12.6. The number of anilines is 1. The molecule has 0 spiro atoms. The number of rotatable bonds is 5. The van der Waals surface area contributed by atoms with Crippen molar-refractivity contribution in [3.63, 3.8) is 0 Å². The lowest BCUT2D eigenvalue weighted by molar-refractivity contribution is 0.0893. The molecule has 11 heteroatoms. The summed E-state index contributed by atoms with van der Waals surface area (Å²) in [4.78, 5) is 20.1. The molecule has 3 aromatic rings. The van der Waals surface area contributed by atoms with Crippen molar-refractivity contribution in [3.8, 4) is 0 Å². The summed E-state index contributed by atoms with van der Waals surface area (Å²) in [6.07, 6.45) is -1.82. The molecule has 1 atom stereocenters. The van der Waals surface area contributed by atoms with Gasteiger partial charge in [0.05, 0.1) is 10.7 Å². The maximum atomic E-state index is 13.5. The highest BCUT2D eigenvalue weighted by Crippen LogP contribution is 2.29. The van der Waals surface area contributed by atoms with Crippen LogP contribution in [-0.4, -0.2) is 40.0 Å². The molecule has 0 aliphatic heterocycles. The summed E-state index contributed by atoms with van der Waals surface area (Å²) in [7, 11) is -4.30. The lowest BCUT2D eigenvalue weighted by atomic mass is 10.1.